The van der Waals surface area contributed by atoms with Crippen LogP contribution in [-0.4, -0.2) is 52.3 Å². The maximum atomic E-state index is 12.3. The minimum atomic E-state index is -0.395. The number of methoxy groups -OCH3 is 2. The summed E-state index contributed by atoms with van der Waals surface area (Å²) in [6, 6.07) is 3.81. The Balaban J connectivity index is 2.14. The molecule has 0 radical (unpaired) electrons. The van der Waals surface area contributed by atoms with Crippen molar-refractivity contribution >= 4 is 11.7 Å². The first kappa shape index (κ1) is 16.8. The first-order valence-corrected chi connectivity index (χ1v) is 8.21. The predicted molar refractivity (Wildman–Crippen MR) is 89.3 cm³/mol. The summed E-state index contributed by atoms with van der Waals surface area (Å²) in [4.78, 5) is 16.9. The number of fused-ring (bicyclic) bond motifs is 2. The quantitative estimate of drug-likeness (QED) is 0.790. The molecule has 2 aliphatic heterocycles. The van der Waals surface area contributed by atoms with Gasteiger partial charge in [-0.25, -0.2) is 4.79 Å². The van der Waals surface area contributed by atoms with Gasteiger partial charge in [-0.05, 0) is 37.5 Å². The second-order valence-electron chi connectivity index (χ2n) is 6.03. The lowest BCUT2D eigenvalue weighted by Gasteiger charge is -2.40. The molecule has 1 aromatic carbocycles. The molecule has 1 fully saturated rings. The van der Waals surface area contributed by atoms with Crippen LogP contribution in [0, 0.1) is 0 Å². The zero-order valence-electron chi connectivity index (χ0n) is 14.4. The van der Waals surface area contributed by atoms with E-state index in [0.29, 0.717) is 43.6 Å². The van der Waals surface area contributed by atoms with Gasteiger partial charge in [-0.2, -0.15) is 0 Å². The van der Waals surface area contributed by atoms with Gasteiger partial charge in [0.1, 0.15) is 0 Å². The third kappa shape index (κ3) is 2.75. The summed E-state index contributed by atoms with van der Waals surface area (Å²) in [5.41, 5.74) is 2.09. The molecular weight excluding hydrogens is 310 g/mol. The molecule has 0 unspecified atom stereocenters. The normalized spacial score (nSPS) is 18.5. The summed E-state index contributed by atoms with van der Waals surface area (Å²) >= 11 is 0. The van der Waals surface area contributed by atoms with Gasteiger partial charge < -0.3 is 18.9 Å². The molecule has 0 saturated carbocycles. The van der Waals surface area contributed by atoms with E-state index in [9.17, 15) is 4.79 Å². The molecule has 0 atom stereocenters. The Hall–Kier alpha value is -2.08. The third-order valence-corrected chi connectivity index (χ3v) is 4.81. The molecule has 1 saturated heterocycles. The van der Waals surface area contributed by atoms with Gasteiger partial charge in [0, 0.05) is 30.7 Å². The van der Waals surface area contributed by atoms with Crippen LogP contribution in [0.1, 0.15) is 30.9 Å². The molecule has 1 aromatic rings. The van der Waals surface area contributed by atoms with Gasteiger partial charge in [-0.1, -0.05) is 0 Å². The van der Waals surface area contributed by atoms with E-state index in [0.717, 1.165) is 24.0 Å². The molecule has 3 rings (SSSR count). The Morgan fingerprint density at radius 2 is 1.88 bits per heavy atom. The van der Waals surface area contributed by atoms with E-state index in [4.69, 9.17) is 18.9 Å². The summed E-state index contributed by atoms with van der Waals surface area (Å²) in [5, 5.41) is 0. The number of carbonyl (C=O) groups excluding carboxylic acids is 1. The Kier molecular flexibility index (Phi) is 4.76. The molecule has 6 nitrogen and oxygen atoms in total. The van der Waals surface area contributed by atoms with Crippen molar-refractivity contribution in [2.75, 3.05) is 40.6 Å². The van der Waals surface area contributed by atoms with Crippen molar-refractivity contribution in [3.63, 3.8) is 0 Å². The lowest BCUT2D eigenvalue weighted by atomic mass is 9.70. The van der Waals surface area contributed by atoms with Crippen LogP contribution in [0.3, 0.4) is 0 Å². The lowest BCUT2D eigenvalue weighted by molar-refractivity contribution is -0.135. The van der Waals surface area contributed by atoms with Crippen molar-refractivity contribution in [3.8, 4) is 11.5 Å². The van der Waals surface area contributed by atoms with Crippen LogP contribution >= 0.6 is 0 Å². The van der Waals surface area contributed by atoms with E-state index in [1.807, 2.05) is 12.1 Å². The zero-order valence-corrected chi connectivity index (χ0v) is 14.4. The van der Waals surface area contributed by atoms with Gasteiger partial charge in [0.05, 0.1) is 20.8 Å². The number of esters is 1. The van der Waals surface area contributed by atoms with Crippen LogP contribution < -0.4 is 9.47 Å². The first-order chi connectivity index (χ1) is 11.6. The molecule has 2 aliphatic rings. The molecule has 0 aliphatic carbocycles. The minimum Gasteiger partial charge on any atom is -0.493 e. The summed E-state index contributed by atoms with van der Waals surface area (Å²) in [7, 11) is 3.20. The molecule has 130 valence electrons. The van der Waals surface area contributed by atoms with Crippen molar-refractivity contribution in [3.05, 3.63) is 23.3 Å². The average Bonchev–Trinajstić information content (AvgIpc) is 2.62. The van der Waals surface area contributed by atoms with Crippen LogP contribution in [-0.2, 0) is 19.7 Å². The van der Waals surface area contributed by atoms with Gasteiger partial charge in [0.2, 0.25) is 0 Å². The van der Waals surface area contributed by atoms with Gasteiger partial charge in [-0.15, -0.1) is 0 Å². The maximum Gasteiger partial charge on any atom is 0.357 e. The highest BCUT2D eigenvalue weighted by molar-refractivity contribution is 6.44. The molecule has 0 aromatic heterocycles. The van der Waals surface area contributed by atoms with Gasteiger partial charge in [-0.3, -0.25) is 4.99 Å². The number of rotatable bonds is 4. The summed E-state index contributed by atoms with van der Waals surface area (Å²) in [5.74, 6) is 0.845. The summed E-state index contributed by atoms with van der Waals surface area (Å²) in [6.07, 6.45) is 1.74. The van der Waals surface area contributed by atoms with Crippen LogP contribution in [0.4, 0.5) is 0 Å². The number of nitrogens with zero attached hydrogens (tertiary/aromatic N) is 1. The topological polar surface area (TPSA) is 66.4 Å². The zero-order chi connectivity index (χ0) is 17.2. The summed E-state index contributed by atoms with van der Waals surface area (Å²) in [6.45, 7) is 4.05. The lowest BCUT2D eigenvalue weighted by Crippen LogP contribution is -2.42. The molecular formula is C18H23NO5. The van der Waals surface area contributed by atoms with Crippen LogP contribution in [0.2, 0.25) is 0 Å². The molecule has 1 spiro atoms. The molecule has 6 heteroatoms. The SMILES string of the molecule is CCOC(=O)C1=NCC2(CCOCC2)c2cc(OC)c(OC)cc21. The van der Waals surface area contributed by atoms with Crippen molar-refractivity contribution in [2.45, 2.75) is 25.2 Å². The number of aliphatic imine (C=N–C) groups is 1. The van der Waals surface area contributed by atoms with E-state index in [-0.39, 0.29) is 5.41 Å². The number of carbonyl (C=O) groups is 1. The fraction of sp³-hybridized carbons (Fsp3) is 0.556. The highest BCUT2D eigenvalue weighted by Crippen LogP contribution is 2.44. The summed E-state index contributed by atoms with van der Waals surface area (Å²) < 4.78 is 21.6. The van der Waals surface area contributed by atoms with Gasteiger partial charge in [0.15, 0.2) is 17.2 Å². The van der Waals surface area contributed by atoms with E-state index in [1.54, 1.807) is 21.1 Å². The smallest absolute Gasteiger partial charge is 0.357 e. The highest BCUT2D eigenvalue weighted by atomic mass is 16.5. The standard InChI is InChI=1S/C18H23NO5/c1-4-24-17(20)16-12-9-14(21-2)15(22-3)10-13(12)18(11-19-16)5-7-23-8-6-18/h9-10H,4-8,11H2,1-3H3. The van der Waals surface area contributed by atoms with Crippen molar-refractivity contribution in [1.82, 2.24) is 0 Å². The molecule has 24 heavy (non-hydrogen) atoms. The van der Waals surface area contributed by atoms with E-state index < -0.39 is 5.97 Å². The van der Waals surface area contributed by atoms with E-state index in [2.05, 4.69) is 4.99 Å². The Bertz CT molecular complexity index is 662. The monoisotopic (exact) mass is 333 g/mol. The van der Waals surface area contributed by atoms with E-state index >= 15 is 0 Å². The molecule has 0 amide bonds. The predicted octanol–water partition coefficient (Wildman–Crippen LogP) is 2.12. The van der Waals surface area contributed by atoms with Gasteiger partial charge in [0.25, 0.3) is 0 Å². The number of benzene rings is 1. The van der Waals surface area contributed by atoms with Crippen LogP contribution in [0.15, 0.2) is 17.1 Å². The minimum absolute atomic E-state index is 0.122. The fourth-order valence-electron chi connectivity index (χ4n) is 3.48. The Morgan fingerprint density at radius 1 is 1.21 bits per heavy atom. The molecule has 2 heterocycles. The third-order valence-electron chi connectivity index (χ3n) is 4.81. The number of hydrogen-bond donors (Lipinski definition) is 0. The second-order valence-corrected chi connectivity index (χ2v) is 6.03. The first-order valence-electron chi connectivity index (χ1n) is 8.21. The largest absolute Gasteiger partial charge is 0.493 e. The van der Waals surface area contributed by atoms with Crippen LogP contribution in [0.5, 0.6) is 11.5 Å². The second kappa shape index (κ2) is 6.81. The van der Waals surface area contributed by atoms with Crippen molar-refractivity contribution in [2.24, 2.45) is 4.99 Å². The Morgan fingerprint density at radius 3 is 2.50 bits per heavy atom. The number of hydrogen-bond acceptors (Lipinski definition) is 6. The Labute approximate surface area is 141 Å². The van der Waals surface area contributed by atoms with Crippen LogP contribution in [0.25, 0.3) is 0 Å². The van der Waals surface area contributed by atoms with Crippen molar-refractivity contribution < 1.29 is 23.7 Å². The average molecular weight is 333 g/mol. The highest BCUT2D eigenvalue weighted by Gasteiger charge is 2.41. The fourth-order valence-corrected chi connectivity index (χ4v) is 3.48. The van der Waals surface area contributed by atoms with Crippen molar-refractivity contribution in [1.29, 1.82) is 0 Å². The van der Waals surface area contributed by atoms with Gasteiger partial charge >= 0.3 is 5.97 Å². The molecule has 0 bridgehead atoms. The maximum absolute atomic E-state index is 12.3. The van der Waals surface area contributed by atoms with E-state index in [1.165, 1.54) is 0 Å². The molecule has 0 N–H and O–H groups in total. The number of ether oxygens (including phenoxy) is 4.